The third kappa shape index (κ3) is 6.33. The van der Waals surface area contributed by atoms with Crippen molar-refractivity contribution in [1.82, 2.24) is 5.32 Å². The maximum absolute atomic E-state index is 14.5. The van der Waals surface area contributed by atoms with Crippen LogP contribution in [-0.2, 0) is 6.18 Å². The van der Waals surface area contributed by atoms with Gasteiger partial charge >= 0.3 is 6.18 Å². The van der Waals surface area contributed by atoms with E-state index in [1.54, 1.807) is 6.92 Å². The molecule has 3 N–H and O–H groups in total. The van der Waals surface area contributed by atoms with E-state index in [9.17, 15) is 31.9 Å². The van der Waals surface area contributed by atoms with Crippen molar-refractivity contribution in [3.63, 3.8) is 0 Å². The highest BCUT2D eigenvalue weighted by Gasteiger charge is 2.56. The number of benzene rings is 3. The number of amides is 1. The number of alkyl halides is 3. The van der Waals surface area contributed by atoms with Crippen molar-refractivity contribution < 1.29 is 41.3 Å². The van der Waals surface area contributed by atoms with Crippen molar-refractivity contribution in [3.05, 3.63) is 82.4 Å². The van der Waals surface area contributed by atoms with E-state index in [2.05, 4.69) is 10.6 Å². The molecule has 0 aliphatic heterocycles. The molecule has 228 valence electrons. The molecule has 0 aromatic heterocycles. The third-order valence-corrected chi connectivity index (χ3v) is 8.45. The molecule has 6 nitrogen and oxygen atoms in total. The lowest BCUT2D eigenvalue weighted by Gasteiger charge is -2.62. The Labute approximate surface area is 245 Å². The summed E-state index contributed by atoms with van der Waals surface area (Å²) in [6.45, 7) is 1.67. The number of hydrogen-bond acceptors (Lipinski definition) is 5. The molecular formula is C32H31F5N2O4. The first-order valence-electron chi connectivity index (χ1n) is 14.2. The highest BCUT2D eigenvalue weighted by molar-refractivity contribution is 6.06. The Morgan fingerprint density at radius 1 is 1.02 bits per heavy atom. The minimum absolute atomic E-state index is 0.0263. The van der Waals surface area contributed by atoms with Crippen molar-refractivity contribution in [2.75, 3.05) is 18.5 Å². The minimum Gasteiger partial charge on any atom is -0.488 e. The molecular weight excluding hydrogens is 571 g/mol. The van der Waals surface area contributed by atoms with Gasteiger partial charge in [0.1, 0.15) is 30.0 Å². The van der Waals surface area contributed by atoms with Crippen molar-refractivity contribution in [3.8, 4) is 17.2 Å². The Bertz CT molecular complexity index is 1540. The molecule has 7 rings (SSSR count). The highest BCUT2D eigenvalue weighted by Crippen LogP contribution is 2.56. The van der Waals surface area contributed by atoms with Crippen LogP contribution < -0.4 is 20.1 Å². The van der Waals surface area contributed by atoms with E-state index < -0.39 is 40.9 Å². The number of rotatable bonds is 11. The second-order valence-electron chi connectivity index (χ2n) is 11.9. The summed E-state index contributed by atoms with van der Waals surface area (Å²) in [5, 5.41) is 16.1. The second-order valence-corrected chi connectivity index (χ2v) is 11.9. The lowest BCUT2D eigenvalue weighted by Crippen LogP contribution is -2.67. The molecule has 1 atom stereocenters. The summed E-state index contributed by atoms with van der Waals surface area (Å²) >= 11 is 0. The molecule has 4 aliphatic rings. The molecule has 4 saturated carbocycles. The van der Waals surface area contributed by atoms with E-state index in [1.165, 1.54) is 30.3 Å². The maximum Gasteiger partial charge on any atom is 0.416 e. The van der Waals surface area contributed by atoms with Crippen LogP contribution in [0.15, 0.2) is 48.5 Å². The molecule has 3 aromatic carbocycles. The zero-order chi connectivity index (χ0) is 30.5. The molecule has 11 heteroatoms. The summed E-state index contributed by atoms with van der Waals surface area (Å²) in [7, 11) is 0. The SMILES string of the molecule is Cc1cc(F)ccc1Oc1cc(C2CC2)c(C(F)(F)F)cc1C(=O)Nc1ccc(F)c(OCC(O)CNC23CC(C2)C3)c1. The van der Waals surface area contributed by atoms with Crippen LogP contribution in [0.25, 0.3) is 0 Å². The predicted molar refractivity (Wildman–Crippen MR) is 149 cm³/mol. The van der Waals surface area contributed by atoms with Crippen LogP contribution in [0.4, 0.5) is 27.6 Å². The fourth-order valence-electron chi connectivity index (χ4n) is 5.85. The zero-order valence-electron chi connectivity index (χ0n) is 23.4. The summed E-state index contributed by atoms with van der Waals surface area (Å²) in [6.07, 6.45) is -1.17. The van der Waals surface area contributed by atoms with Crippen molar-refractivity contribution >= 4 is 11.6 Å². The van der Waals surface area contributed by atoms with Gasteiger partial charge in [-0.1, -0.05) is 0 Å². The van der Waals surface area contributed by atoms with E-state index in [0.717, 1.165) is 43.4 Å². The Balaban J connectivity index is 1.22. The number of aliphatic hydroxyl groups excluding tert-OH is 1. The quantitative estimate of drug-likeness (QED) is 0.204. The van der Waals surface area contributed by atoms with Crippen LogP contribution in [0.3, 0.4) is 0 Å². The lowest BCUT2D eigenvalue weighted by atomic mass is 9.50. The first-order chi connectivity index (χ1) is 20.4. The zero-order valence-corrected chi connectivity index (χ0v) is 23.4. The summed E-state index contributed by atoms with van der Waals surface area (Å²) < 4.78 is 81.7. The molecule has 1 unspecified atom stereocenters. The minimum atomic E-state index is -4.72. The van der Waals surface area contributed by atoms with Crippen molar-refractivity contribution in [2.24, 2.45) is 5.92 Å². The number of aliphatic hydroxyl groups is 1. The number of nitrogens with one attached hydrogen (secondary N) is 2. The Morgan fingerprint density at radius 3 is 2.40 bits per heavy atom. The molecule has 0 spiro atoms. The van der Waals surface area contributed by atoms with E-state index in [1.807, 2.05) is 0 Å². The van der Waals surface area contributed by atoms with Gasteiger partial charge in [-0.05, 0) is 104 Å². The summed E-state index contributed by atoms with van der Waals surface area (Å²) in [5.74, 6) is -1.89. The summed E-state index contributed by atoms with van der Waals surface area (Å²) in [6, 6.07) is 9.17. The predicted octanol–water partition coefficient (Wildman–Crippen LogP) is 7.10. The molecule has 1 amide bonds. The average Bonchev–Trinajstić information content (AvgIpc) is 3.73. The van der Waals surface area contributed by atoms with Gasteiger partial charge in [-0.2, -0.15) is 13.2 Å². The Morgan fingerprint density at radius 2 is 1.77 bits per heavy atom. The van der Waals surface area contributed by atoms with E-state index >= 15 is 0 Å². The van der Waals surface area contributed by atoms with Crippen LogP contribution in [0.1, 0.15) is 65.1 Å². The summed E-state index contributed by atoms with van der Waals surface area (Å²) in [5.41, 5.74) is -0.747. The standard InChI is InChI=1S/C32H31F5N2O4/c1-17-8-20(33)4-7-27(17)43-28-11-23(19-2-3-19)25(32(35,36)37)10-24(28)30(41)39-21-5-6-26(34)29(9-21)42-16-22(40)15-38-31-12-18(13-31)14-31/h4-11,18-19,22,38,40H,2-3,12-16H2,1H3,(H,39,41). The number of halogens is 5. The van der Waals surface area contributed by atoms with Crippen LogP contribution in [0, 0.1) is 24.5 Å². The molecule has 4 aliphatic carbocycles. The number of anilines is 1. The monoisotopic (exact) mass is 602 g/mol. The average molecular weight is 603 g/mol. The van der Waals surface area contributed by atoms with Crippen LogP contribution in [-0.4, -0.2) is 35.8 Å². The Hall–Kier alpha value is -3.70. The third-order valence-electron chi connectivity index (χ3n) is 8.45. The van der Waals surface area contributed by atoms with Gasteiger partial charge < -0.3 is 25.2 Å². The normalized spacial score (nSPS) is 21.4. The molecule has 0 saturated heterocycles. The van der Waals surface area contributed by atoms with E-state index in [4.69, 9.17) is 9.47 Å². The Kier molecular flexibility index (Phi) is 7.58. The number of carbonyl (C=O) groups is 1. The van der Waals surface area contributed by atoms with Gasteiger partial charge in [-0.15, -0.1) is 0 Å². The summed E-state index contributed by atoms with van der Waals surface area (Å²) in [4.78, 5) is 13.4. The van der Waals surface area contributed by atoms with Gasteiger partial charge in [0.25, 0.3) is 5.91 Å². The smallest absolute Gasteiger partial charge is 0.416 e. The lowest BCUT2D eigenvalue weighted by molar-refractivity contribution is -0.138. The first-order valence-corrected chi connectivity index (χ1v) is 14.2. The van der Waals surface area contributed by atoms with Gasteiger partial charge in [0.15, 0.2) is 11.6 Å². The number of hydrogen-bond donors (Lipinski definition) is 3. The number of β-amino-alcohol motifs (C(OH)–C–C–N with tert-alkyl or cyclic N) is 1. The van der Waals surface area contributed by atoms with E-state index in [0.29, 0.717) is 24.9 Å². The molecule has 3 aromatic rings. The molecule has 43 heavy (non-hydrogen) atoms. The van der Waals surface area contributed by atoms with Gasteiger partial charge in [0.2, 0.25) is 0 Å². The van der Waals surface area contributed by atoms with Crippen LogP contribution in [0.2, 0.25) is 0 Å². The molecule has 0 heterocycles. The molecule has 0 radical (unpaired) electrons. The van der Waals surface area contributed by atoms with Gasteiger partial charge in [0, 0.05) is 23.8 Å². The van der Waals surface area contributed by atoms with Crippen LogP contribution >= 0.6 is 0 Å². The molecule has 2 bridgehead atoms. The second kappa shape index (κ2) is 11.1. The van der Waals surface area contributed by atoms with Crippen LogP contribution in [0.5, 0.6) is 17.2 Å². The fraction of sp³-hybridized carbons (Fsp3) is 0.406. The largest absolute Gasteiger partial charge is 0.488 e. The maximum atomic E-state index is 14.5. The highest BCUT2D eigenvalue weighted by atomic mass is 19.4. The topological polar surface area (TPSA) is 79.8 Å². The first kappa shape index (κ1) is 29.4. The van der Waals surface area contributed by atoms with Crippen molar-refractivity contribution in [2.45, 2.75) is 62.8 Å². The molecule has 4 fully saturated rings. The fourth-order valence-corrected chi connectivity index (χ4v) is 5.85. The van der Waals surface area contributed by atoms with Gasteiger partial charge in [-0.25, -0.2) is 8.78 Å². The number of aryl methyl sites for hydroxylation is 1. The van der Waals surface area contributed by atoms with Crippen molar-refractivity contribution in [1.29, 1.82) is 0 Å². The van der Waals surface area contributed by atoms with Gasteiger partial charge in [-0.3, -0.25) is 4.79 Å². The van der Waals surface area contributed by atoms with E-state index in [-0.39, 0.29) is 46.6 Å². The van der Waals surface area contributed by atoms with Gasteiger partial charge in [0.05, 0.1) is 11.1 Å². The number of ether oxygens (including phenoxy) is 2. The number of carbonyl (C=O) groups excluding carboxylic acids is 1.